The molecule has 1 aromatic heterocycles. The van der Waals surface area contributed by atoms with Crippen LogP contribution in [0.2, 0.25) is 0 Å². The van der Waals surface area contributed by atoms with Crippen LogP contribution in [0, 0.1) is 10.5 Å². The van der Waals surface area contributed by atoms with Gasteiger partial charge in [0, 0.05) is 9.26 Å². The van der Waals surface area contributed by atoms with Gasteiger partial charge in [-0.15, -0.1) is 0 Å². The standard InChI is InChI=1S/C13H10BrIN2O/c1-8-7-9(15)5-6-10(8)17-13(18)11-3-2-4-12(14)16-11/h2-7H,1H3,(H,17,18). The lowest BCUT2D eigenvalue weighted by Gasteiger charge is -2.08. The number of hydrogen-bond acceptors (Lipinski definition) is 2. The predicted octanol–water partition coefficient (Wildman–Crippen LogP) is 4.01. The van der Waals surface area contributed by atoms with E-state index in [1.165, 1.54) is 0 Å². The summed E-state index contributed by atoms with van der Waals surface area (Å²) in [7, 11) is 0. The minimum absolute atomic E-state index is 0.208. The summed E-state index contributed by atoms with van der Waals surface area (Å²) in [6, 6.07) is 11.1. The fourth-order valence-corrected chi connectivity index (χ4v) is 2.48. The Morgan fingerprint density at radius 1 is 1.33 bits per heavy atom. The van der Waals surface area contributed by atoms with Crippen LogP contribution in [0.5, 0.6) is 0 Å². The van der Waals surface area contributed by atoms with E-state index < -0.39 is 0 Å². The van der Waals surface area contributed by atoms with E-state index in [1.54, 1.807) is 18.2 Å². The Hall–Kier alpha value is -0.950. The molecule has 18 heavy (non-hydrogen) atoms. The molecular formula is C13H10BrIN2O. The molecule has 0 saturated carbocycles. The minimum atomic E-state index is -0.208. The largest absolute Gasteiger partial charge is 0.320 e. The first kappa shape index (κ1) is 13.5. The molecular weight excluding hydrogens is 407 g/mol. The van der Waals surface area contributed by atoms with E-state index in [9.17, 15) is 4.79 Å². The Morgan fingerprint density at radius 2 is 2.11 bits per heavy atom. The third-order valence-electron chi connectivity index (χ3n) is 2.38. The molecule has 92 valence electrons. The van der Waals surface area contributed by atoms with E-state index >= 15 is 0 Å². The third-order valence-corrected chi connectivity index (χ3v) is 3.50. The van der Waals surface area contributed by atoms with E-state index in [0.717, 1.165) is 14.8 Å². The zero-order chi connectivity index (χ0) is 13.1. The van der Waals surface area contributed by atoms with E-state index in [0.29, 0.717) is 10.3 Å². The number of halogens is 2. The van der Waals surface area contributed by atoms with Gasteiger partial charge in [0.2, 0.25) is 0 Å². The number of pyridine rings is 1. The predicted molar refractivity (Wildman–Crippen MR) is 83.8 cm³/mol. The summed E-state index contributed by atoms with van der Waals surface area (Å²) in [5, 5.41) is 2.86. The summed E-state index contributed by atoms with van der Waals surface area (Å²) >= 11 is 5.49. The van der Waals surface area contributed by atoms with Crippen LogP contribution in [0.1, 0.15) is 16.1 Å². The number of carbonyl (C=O) groups excluding carboxylic acids is 1. The highest BCUT2D eigenvalue weighted by molar-refractivity contribution is 14.1. The van der Waals surface area contributed by atoms with Crippen molar-refractivity contribution in [3.05, 3.63) is 55.8 Å². The van der Waals surface area contributed by atoms with Crippen molar-refractivity contribution >= 4 is 50.1 Å². The van der Waals surface area contributed by atoms with Gasteiger partial charge in [-0.05, 0) is 81.3 Å². The summed E-state index contributed by atoms with van der Waals surface area (Å²) in [5.41, 5.74) is 2.23. The van der Waals surface area contributed by atoms with E-state index in [4.69, 9.17) is 0 Å². The highest BCUT2D eigenvalue weighted by Gasteiger charge is 2.09. The van der Waals surface area contributed by atoms with Gasteiger partial charge in [-0.3, -0.25) is 4.79 Å². The maximum absolute atomic E-state index is 12.0. The van der Waals surface area contributed by atoms with Crippen molar-refractivity contribution in [1.29, 1.82) is 0 Å². The van der Waals surface area contributed by atoms with Crippen LogP contribution >= 0.6 is 38.5 Å². The van der Waals surface area contributed by atoms with Crippen molar-refractivity contribution in [3.8, 4) is 0 Å². The Kier molecular flexibility index (Phi) is 4.34. The number of aromatic nitrogens is 1. The molecule has 1 heterocycles. The molecule has 0 spiro atoms. The summed E-state index contributed by atoms with van der Waals surface area (Å²) in [6.45, 7) is 1.96. The number of aryl methyl sites for hydroxylation is 1. The van der Waals surface area contributed by atoms with Crippen molar-refractivity contribution in [2.24, 2.45) is 0 Å². The van der Waals surface area contributed by atoms with Crippen molar-refractivity contribution in [2.45, 2.75) is 6.92 Å². The second-order valence-electron chi connectivity index (χ2n) is 3.76. The smallest absolute Gasteiger partial charge is 0.274 e. The molecule has 0 unspecified atom stereocenters. The number of hydrogen-bond donors (Lipinski definition) is 1. The molecule has 0 aliphatic rings. The van der Waals surface area contributed by atoms with Gasteiger partial charge >= 0.3 is 0 Å². The quantitative estimate of drug-likeness (QED) is 0.593. The zero-order valence-corrected chi connectivity index (χ0v) is 13.3. The zero-order valence-electron chi connectivity index (χ0n) is 9.58. The fraction of sp³-hybridized carbons (Fsp3) is 0.0769. The van der Waals surface area contributed by atoms with Gasteiger partial charge in [0.15, 0.2) is 0 Å². The number of benzene rings is 1. The molecule has 1 amide bonds. The van der Waals surface area contributed by atoms with Gasteiger partial charge < -0.3 is 5.32 Å². The van der Waals surface area contributed by atoms with Crippen molar-refractivity contribution < 1.29 is 4.79 Å². The first-order chi connectivity index (χ1) is 8.56. The molecule has 2 rings (SSSR count). The maximum Gasteiger partial charge on any atom is 0.274 e. The Labute approximate surface area is 127 Å². The average molecular weight is 417 g/mol. The molecule has 1 aromatic carbocycles. The lowest BCUT2D eigenvalue weighted by atomic mass is 10.2. The molecule has 0 radical (unpaired) electrons. The Bertz CT molecular complexity index is 601. The van der Waals surface area contributed by atoms with Crippen molar-refractivity contribution in [2.75, 3.05) is 5.32 Å². The number of rotatable bonds is 2. The van der Waals surface area contributed by atoms with Crippen LogP contribution in [-0.4, -0.2) is 10.9 Å². The summed E-state index contributed by atoms with van der Waals surface area (Å²) in [4.78, 5) is 16.1. The molecule has 0 bridgehead atoms. The monoisotopic (exact) mass is 416 g/mol. The van der Waals surface area contributed by atoms with E-state index in [1.807, 2.05) is 25.1 Å². The molecule has 0 saturated heterocycles. The van der Waals surface area contributed by atoms with Crippen LogP contribution in [0.3, 0.4) is 0 Å². The number of carbonyl (C=O) groups is 1. The number of nitrogens with zero attached hydrogens (tertiary/aromatic N) is 1. The van der Waals surface area contributed by atoms with Gasteiger partial charge in [-0.25, -0.2) is 4.98 Å². The van der Waals surface area contributed by atoms with Crippen LogP contribution in [0.15, 0.2) is 41.0 Å². The van der Waals surface area contributed by atoms with Gasteiger partial charge in [-0.1, -0.05) is 6.07 Å². The Morgan fingerprint density at radius 3 is 2.78 bits per heavy atom. The molecule has 5 heteroatoms. The SMILES string of the molecule is Cc1cc(I)ccc1NC(=O)c1cccc(Br)n1. The topological polar surface area (TPSA) is 42.0 Å². The van der Waals surface area contributed by atoms with Crippen molar-refractivity contribution in [3.63, 3.8) is 0 Å². The van der Waals surface area contributed by atoms with Gasteiger partial charge in [0.05, 0.1) is 0 Å². The first-order valence-electron chi connectivity index (χ1n) is 5.26. The lowest BCUT2D eigenvalue weighted by molar-refractivity contribution is 0.102. The van der Waals surface area contributed by atoms with Crippen LogP contribution in [0.25, 0.3) is 0 Å². The first-order valence-corrected chi connectivity index (χ1v) is 7.13. The lowest BCUT2D eigenvalue weighted by Crippen LogP contribution is -2.14. The molecule has 0 atom stereocenters. The molecule has 0 fully saturated rings. The fourth-order valence-electron chi connectivity index (χ4n) is 1.49. The maximum atomic E-state index is 12.0. The van der Waals surface area contributed by atoms with E-state index in [-0.39, 0.29) is 5.91 Å². The van der Waals surface area contributed by atoms with Crippen LogP contribution < -0.4 is 5.32 Å². The van der Waals surface area contributed by atoms with Crippen molar-refractivity contribution in [1.82, 2.24) is 4.98 Å². The summed E-state index contributed by atoms with van der Waals surface area (Å²) in [6.07, 6.45) is 0. The highest BCUT2D eigenvalue weighted by atomic mass is 127. The van der Waals surface area contributed by atoms with Gasteiger partial charge in [0.25, 0.3) is 5.91 Å². The van der Waals surface area contributed by atoms with Crippen LogP contribution in [0.4, 0.5) is 5.69 Å². The Balaban J connectivity index is 2.21. The summed E-state index contributed by atoms with van der Waals surface area (Å²) in [5.74, 6) is -0.208. The minimum Gasteiger partial charge on any atom is -0.320 e. The molecule has 0 aliphatic carbocycles. The molecule has 1 N–H and O–H groups in total. The van der Waals surface area contributed by atoms with E-state index in [2.05, 4.69) is 48.8 Å². The summed E-state index contributed by atoms with van der Waals surface area (Å²) < 4.78 is 1.79. The molecule has 3 nitrogen and oxygen atoms in total. The van der Waals surface area contributed by atoms with Gasteiger partial charge in [0.1, 0.15) is 10.3 Å². The normalized spacial score (nSPS) is 10.2. The third kappa shape index (κ3) is 3.29. The molecule has 2 aromatic rings. The number of anilines is 1. The number of nitrogens with one attached hydrogen (secondary N) is 1. The molecule has 0 aliphatic heterocycles. The van der Waals surface area contributed by atoms with Crippen LogP contribution in [-0.2, 0) is 0 Å². The second kappa shape index (κ2) is 5.79. The van der Waals surface area contributed by atoms with Gasteiger partial charge in [-0.2, -0.15) is 0 Å². The highest BCUT2D eigenvalue weighted by Crippen LogP contribution is 2.18. The average Bonchev–Trinajstić information content (AvgIpc) is 2.32. The second-order valence-corrected chi connectivity index (χ2v) is 5.82. The number of amides is 1.